The van der Waals surface area contributed by atoms with Crippen molar-refractivity contribution >= 4 is 0 Å². The number of allylic oxidation sites excluding steroid dienone is 3. The lowest BCUT2D eigenvalue weighted by Gasteiger charge is -2.33. The third-order valence-electron chi connectivity index (χ3n) is 3.35. The smallest absolute Gasteiger partial charge is 0.0223 e. The maximum absolute atomic E-state index is 5.36. The van der Waals surface area contributed by atoms with Gasteiger partial charge in [0.15, 0.2) is 0 Å². The van der Waals surface area contributed by atoms with E-state index >= 15 is 0 Å². The van der Waals surface area contributed by atoms with E-state index in [1.807, 2.05) is 6.08 Å². The second-order valence-corrected chi connectivity index (χ2v) is 5.41. The van der Waals surface area contributed by atoms with E-state index in [1.165, 1.54) is 17.7 Å². The van der Waals surface area contributed by atoms with Gasteiger partial charge in [0.2, 0.25) is 0 Å². The third-order valence-corrected chi connectivity index (χ3v) is 3.35. The molecule has 0 saturated carbocycles. The SMILES string of the molecule is C#CCC/C(=C(\C)C=C)N(C)CC(C)(C)CC. The summed E-state index contributed by atoms with van der Waals surface area (Å²) in [4.78, 5) is 2.33. The monoisotopic (exact) mass is 233 g/mol. The van der Waals surface area contributed by atoms with Crippen molar-refractivity contribution < 1.29 is 0 Å². The summed E-state index contributed by atoms with van der Waals surface area (Å²) in [6, 6.07) is 0. The molecule has 0 spiro atoms. The van der Waals surface area contributed by atoms with Gasteiger partial charge in [-0.25, -0.2) is 0 Å². The Morgan fingerprint density at radius 2 is 2.06 bits per heavy atom. The Morgan fingerprint density at radius 3 is 2.47 bits per heavy atom. The molecule has 1 heteroatoms. The van der Waals surface area contributed by atoms with Crippen LogP contribution in [0.15, 0.2) is 23.9 Å². The van der Waals surface area contributed by atoms with Crippen molar-refractivity contribution in [3.8, 4) is 12.3 Å². The van der Waals surface area contributed by atoms with Crippen LogP contribution in [0.4, 0.5) is 0 Å². The van der Waals surface area contributed by atoms with Gasteiger partial charge in [0, 0.05) is 25.7 Å². The molecule has 1 nitrogen and oxygen atoms in total. The Bertz CT molecular complexity index is 315. The third kappa shape index (κ3) is 5.63. The summed E-state index contributed by atoms with van der Waals surface area (Å²) < 4.78 is 0. The highest BCUT2D eigenvalue weighted by molar-refractivity contribution is 5.22. The molecule has 0 saturated heterocycles. The van der Waals surface area contributed by atoms with Crippen molar-refractivity contribution in [2.75, 3.05) is 13.6 Å². The van der Waals surface area contributed by atoms with Gasteiger partial charge in [0.25, 0.3) is 0 Å². The van der Waals surface area contributed by atoms with Gasteiger partial charge in [0.1, 0.15) is 0 Å². The van der Waals surface area contributed by atoms with Gasteiger partial charge in [-0.15, -0.1) is 12.3 Å². The lowest BCUT2D eigenvalue weighted by atomic mass is 9.89. The number of hydrogen-bond acceptors (Lipinski definition) is 1. The van der Waals surface area contributed by atoms with Crippen LogP contribution in [0.25, 0.3) is 0 Å². The van der Waals surface area contributed by atoms with Crippen LogP contribution >= 0.6 is 0 Å². The average molecular weight is 233 g/mol. The van der Waals surface area contributed by atoms with E-state index in [-0.39, 0.29) is 0 Å². The van der Waals surface area contributed by atoms with E-state index in [9.17, 15) is 0 Å². The molecule has 0 aromatic carbocycles. The summed E-state index contributed by atoms with van der Waals surface area (Å²) >= 11 is 0. The summed E-state index contributed by atoms with van der Waals surface area (Å²) in [5, 5.41) is 0. The normalized spacial score (nSPS) is 12.7. The first-order valence-corrected chi connectivity index (χ1v) is 6.34. The second-order valence-electron chi connectivity index (χ2n) is 5.41. The zero-order chi connectivity index (χ0) is 13.5. The van der Waals surface area contributed by atoms with Gasteiger partial charge >= 0.3 is 0 Å². The molecule has 0 aliphatic heterocycles. The summed E-state index contributed by atoms with van der Waals surface area (Å²) in [7, 11) is 2.15. The van der Waals surface area contributed by atoms with E-state index in [0.29, 0.717) is 5.41 Å². The topological polar surface area (TPSA) is 3.24 Å². The molecule has 0 aliphatic rings. The first-order chi connectivity index (χ1) is 7.87. The van der Waals surface area contributed by atoms with E-state index < -0.39 is 0 Å². The highest BCUT2D eigenvalue weighted by Crippen LogP contribution is 2.25. The molecule has 0 unspecified atom stereocenters. The molecule has 0 radical (unpaired) electrons. The summed E-state index contributed by atoms with van der Waals surface area (Å²) in [6.07, 6.45) is 10.2. The van der Waals surface area contributed by atoms with Gasteiger partial charge < -0.3 is 4.90 Å². The molecule has 0 aromatic heterocycles. The molecule has 0 aliphatic carbocycles. The van der Waals surface area contributed by atoms with Crippen LogP contribution in [0.1, 0.15) is 47.0 Å². The first-order valence-electron chi connectivity index (χ1n) is 6.34. The molecule has 0 atom stereocenters. The molecule has 17 heavy (non-hydrogen) atoms. The summed E-state index contributed by atoms with van der Waals surface area (Å²) in [6.45, 7) is 13.8. The molecule has 0 amide bonds. The molecule has 0 N–H and O–H groups in total. The fourth-order valence-electron chi connectivity index (χ4n) is 1.85. The molecule has 0 bridgehead atoms. The minimum atomic E-state index is 0.331. The quantitative estimate of drug-likeness (QED) is 0.470. The summed E-state index contributed by atoms with van der Waals surface area (Å²) in [5.41, 5.74) is 2.88. The Hall–Kier alpha value is -1.16. The van der Waals surface area contributed by atoms with Gasteiger partial charge in [-0.1, -0.05) is 33.4 Å². The second kappa shape index (κ2) is 7.22. The van der Waals surface area contributed by atoms with Gasteiger partial charge in [-0.2, -0.15) is 0 Å². The van der Waals surface area contributed by atoms with Crippen molar-refractivity contribution in [1.82, 2.24) is 4.90 Å². The number of terminal acetylenes is 1. The molecule has 0 heterocycles. The van der Waals surface area contributed by atoms with Crippen LogP contribution in [0.3, 0.4) is 0 Å². The summed E-state index contributed by atoms with van der Waals surface area (Å²) in [5.74, 6) is 2.71. The van der Waals surface area contributed by atoms with Crippen molar-refractivity contribution in [2.24, 2.45) is 5.41 Å². The maximum atomic E-state index is 5.36. The zero-order valence-corrected chi connectivity index (χ0v) is 12.1. The average Bonchev–Trinajstić information content (AvgIpc) is 2.28. The van der Waals surface area contributed by atoms with Crippen LogP contribution in [0.5, 0.6) is 0 Å². The lowest BCUT2D eigenvalue weighted by Crippen LogP contribution is -2.31. The molecular formula is C16H27N. The maximum Gasteiger partial charge on any atom is 0.0223 e. The Labute approximate surface area is 108 Å². The fourth-order valence-corrected chi connectivity index (χ4v) is 1.85. The molecular weight excluding hydrogens is 206 g/mol. The van der Waals surface area contributed by atoms with E-state index in [4.69, 9.17) is 6.42 Å². The van der Waals surface area contributed by atoms with Crippen molar-refractivity contribution in [3.63, 3.8) is 0 Å². The zero-order valence-electron chi connectivity index (χ0n) is 12.1. The van der Waals surface area contributed by atoms with Gasteiger partial charge in [-0.3, -0.25) is 0 Å². The highest BCUT2D eigenvalue weighted by atomic mass is 15.1. The van der Waals surface area contributed by atoms with E-state index in [0.717, 1.165) is 19.4 Å². The minimum Gasteiger partial charge on any atom is -0.377 e. The van der Waals surface area contributed by atoms with Crippen LogP contribution in [-0.2, 0) is 0 Å². The van der Waals surface area contributed by atoms with Crippen LogP contribution < -0.4 is 0 Å². The minimum absolute atomic E-state index is 0.331. The largest absolute Gasteiger partial charge is 0.377 e. The Morgan fingerprint density at radius 1 is 1.47 bits per heavy atom. The van der Waals surface area contributed by atoms with Gasteiger partial charge in [0.05, 0.1) is 0 Å². The van der Waals surface area contributed by atoms with E-state index in [1.54, 1.807) is 0 Å². The standard InChI is InChI=1S/C16H27N/c1-8-11-12-15(14(4)9-2)17(7)13-16(5,6)10-3/h1,9H,2,10-13H2,3-7H3/b15-14-. The number of hydrogen-bond donors (Lipinski definition) is 0. The highest BCUT2D eigenvalue weighted by Gasteiger charge is 2.19. The molecule has 0 rings (SSSR count). The van der Waals surface area contributed by atoms with Crippen molar-refractivity contribution in [1.29, 1.82) is 0 Å². The molecule has 0 fully saturated rings. The predicted octanol–water partition coefficient (Wildman–Crippen LogP) is 4.23. The lowest BCUT2D eigenvalue weighted by molar-refractivity contribution is 0.233. The van der Waals surface area contributed by atoms with Crippen molar-refractivity contribution in [2.45, 2.75) is 47.0 Å². The Balaban J connectivity index is 4.84. The number of rotatable bonds is 7. The Kier molecular flexibility index (Phi) is 6.73. The van der Waals surface area contributed by atoms with Crippen molar-refractivity contribution in [3.05, 3.63) is 23.9 Å². The fraction of sp³-hybridized carbons (Fsp3) is 0.625. The predicted molar refractivity (Wildman–Crippen MR) is 77.7 cm³/mol. The number of nitrogens with zero attached hydrogens (tertiary/aromatic N) is 1. The first kappa shape index (κ1) is 15.8. The van der Waals surface area contributed by atoms with Crippen LogP contribution in [0.2, 0.25) is 0 Å². The van der Waals surface area contributed by atoms with E-state index in [2.05, 4.69) is 52.1 Å². The van der Waals surface area contributed by atoms with Gasteiger partial charge in [-0.05, 0) is 30.8 Å². The van der Waals surface area contributed by atoms with Crippen LogP contribution in [-0.4, -0.2) is 18.5 Å². The van der Waals surface area contributed by atoms with Crippen LogP contribution in [0, 0.1) is 17.8 Å². The molecule has 96 valence electrons. The molecule has 0 aromatic rings.